The summed E-state index contributed by atoms with van der Waals surface area (Å²) in [4.78, 5) is 12.1. The van der Waals surface area contributed by atoms with Gasteiger partial charge in [0.15, 0.2) is 0 Å². The van der Waals surface area contributed by atoms with Crippen LogP contribution in [0.5, 0.6) is 0 Å². The Bertz CT molecular complexity index is 602. The SMILES string of the molecule is CCC[C@@H](C/C=C\Cc1ccccc1)OC(=O)c1ccccc1. The fourth-order valence-electron chi connectivity index (χ4n) is 2.42. The molecule has 2 aromatic rings. The van der Waals surface area contributed by atoms with Crippen LogP contribution >= 0.6 is 0 Å². The van der Waals surface area contributed by atoms with Gasteiger partial charge in [0.2, 0.25) is 0 Å². The summed E-state index contributed by atoms with van der Waals surface area (Å²) in [7, 11) is 0. The first kappa shape index (κ1) is 17.0. The molecular formula is C21H24O2. The van der Waals surface area contributed by atoms with Crippen LogP contribution in [0.4, 0.5) is 0 Å². The number of esters is 1. The first-order chi connectivity index (χ1) is 11.3. The van der Waals surface area contributed by atoms with Crippen molar-refractivity contribution in [3.8, 4) is 0 Å². The smallest absolute Gasteiger partial charge is 0.338 e. The third kappa shape index (κ3) is 6.11. The average Bonchev–Trinajstić information content (AvgIpc) is 2.60. The van der Waals surface area contributed by atoms with Gasteiger partial charge in [-0.1, -0.05) is 74.0 Å². The molecule has 0 N–H and O–H groups in total. The molecule has 0 aliphatic rings. The van der Waals surface area contributed by atoms with E-state index in [1.165, 1.54) is 5.56 Å². The van der Waals surface area contributed by atoms with Gasteiger partial charge >= 0.3 is 5.97 Å². The van der Waals surface area contributed by atoms with Crippen LogP contribution in [0.25, 0.3) is 0 Å². The molecule has 0 unspecified atom stereocenters. The van der Waals surface area contributed by atoms with Crippen LogP contribution in [-0.4, -0.2) is 12.1 Å². The molecule has 0 bridgehead atoms. The summed E-state index contributed by atoms with van der Waals surface area (Å²) in [6, 6.07) is 19.5. The van der Waals surface area contributed by atoms with Gasteiger partial charge in [-0.15, -0.1) is 0 Å². The van der Waals surface area contributed by atoms with Gasteiger partial charge in [0, 0.05) is 6.42 Å². The van der Waals surface area contributed by atoms with Crippen molar-refractivity contribution >= 4 is 5.97 Å². The minimum atomic E-state index is -0.236. The number of carbonyl (C=O) groups excluding carboxylic acids is 1. The number of rotatable bonds is 8. The van der Waals surface area contributed by atoms with Crippen LogP contribution in [0.2, 0.25) is 0 Å². The van der Waals surface area contributed by atoms with E-state index in [1.807, 2.05) is 36.4 Å². The van der Waals surface area contributed by atoms with Crippen LogP contribution in [0.1, 0.15) is 42.1 Å². The second-order valence-electron chi connectivity index (χ2n) is 5.58. The van der Waals surface area contributed by atoms with Gasteiger partial charge in [-0.2, -0.15) is 0 Å². The van der Waals surface area contributed by atoms with Crippen LogP contribution in [0, 0.1) is 0 Å². The molecule has 0 aliphatic carbocycles. The van der Waals surface area contributed by atoms with E-state index in [1.54, 1.807) is 12.1 Å². The third-order valence-corrected chi connectivity index (χ3v) is 3.66. The van der Waals surface area contributed by atoms with Gasteiger partial charge in [-0.05, 0) is 30.5 Å². The minimum Gasteiger partial charge on any atom is -0.458 e. The highest BCUT2D eigenvalue weighted by atomic mass is 16.5. The Morgan fingerprint density at radius 2 is 1.65 bits per heavy atom. The van der Waals surface area contributed by atoms with Crippen LogP contribution in [-0.2, 0) is 11.2 Å². The average molecular weight is 308 g/mol. The lowest BCUT2D eigenvalue weighted by molar-refractivity contribution is 0.0287. The molecular weight excluding hydrogens is 284 g/mol. The summed E-state index contributed by atoms with van der Waals surface area (Å²) < 4.78 is 5.64. The fourth-order valence-corrected chi connectivity index (χ4v) is 2.42. The molecule has 120 valence electrons. The summed E-state index contributed by atoms with van der Waals surface area (Å²) >= 11 is 0. The normalized spacial score (nSPS) is 12.2. The summed E-state index contributed by atoms with van der Waals surface area (Å²) in [6.07, 6.45) is 7.76. The Kier molecular flexibility index (Phi) is 7.12. The van der Waals surface area contributed by atoms with Gasteiger partial charge in [0.05, 0.1) is 5.56 Å². The summed E-state index contributed by atoms with van der Waals surface area (Å²) in [5.41, 5.74) is 1.90. The zero-order chi connectivity index (χ0) is 16.3. The number of ether oxygens (including phenoxy) is 1. The maximum absolute atomic E-state index is 12.1. The van der Waals surface area contributed by atoms with Crippen LogP contribution in [0.15, 0.2) is 72.8 Å². The van der Waals surface area contributed by atoms with Gasteiger partial charge < -0.3 is 4.74 Å². The largest absolute Gasteiger partial charge is 0.458 e. The number of carbonyl (C=O) groups is 1. The fraction of sp³-hybridized carbons (Fsp3) is 0.286. The van der Waals surface area contributed by atoms with Crippen molar-refractivity contribution in [2.75, 3.05) is 0 Å². The van der Waals surface area contributed by atoms with Crippen molar-refractivity contribution in [1.29, 1.82) is 0 Å². The minimum absolute atomic E-state index is 0.0558. The number of hydrogen-bond acceptors (Lipinski definition) is 2. The second-order valence-corrected chi connectivity index (χ2v) is 5.58. The standard InChI is InChI=1S/C21H24O2/c1-2-11-20(23-21(22)19-15-7-4-8-16-19)17-10-9-14-18-12-5-3-6-13-18/h3-10,12-13,15-16,20H,2,11,14,17H2,1H3/b10-9-/t20-/m0/s1. The zero-order valence-electron chi connectivity index (χ0n) is 13.7. The Morgan fingerprint density at radius 3 is 2.30 bits per heavy atom. The molecule has 0 saturated carbocycles. The van der Waals surface area contributed by atoms with Gasteiger partial charge in [0.25, 0.3) is 0 Å². The molecule has 0 saturated heterocycles. The van der Waals surface area contributed by atoms with Crippen molar-refractivity contribution in [2.24, 2.45) is 0 Å². The Labute approximate surface area is 138 Å². The first-order valence-electron chi connectivity index (χ1n) is 8.24. The zero-order valence-corrected chi connectivity index (χ0v) is 13.7. The number of benzene rings is 2. The molecule has 0 fully saturated rings. The van der Waals surface area contributed by atoms with E-state index in [-0.39, 0.29) is 12.1 Å². The van der Waals surface area contributed by atoms with Crippen molar-refractivity contribution in [1.82, 2.24) is 0 Å². The monoisotopic (exact) mass is 308 g/mol. The molecule has 0 spiro atoms. The molecule has 0 heterocycles. The summed E-state index contributed by atoms with van der Waals surface area (Å²) in [6.45, 7) is 2.11. The Hall–Kier alpha value is -2.35. The van der Waals surface area contributed by atoms with Crippen molar-refractivity contribution < 1.29 is 9.53 Å². The van der Waals surface area contributed by atoms with Crippen molar-refractivity contribution in [3.63, 3.8) is 0 Å². The molecule has 2 nitrogen and oxygen atoms in total. The lowest BCUT2D eigenvalue weighted by atomic mass is 10.1. The quantitative estimate of drug-likeness (QED) is 0.495. The first-order valence-corrected chi connectivity index (χ1v) is 8.24. The molecule has 0 aromatic heterocycles. The van der Waals surface area contributed by atoms with Crippen molar-refractivity contribution in [3.05, 3.63) is 83.9 Å². The topological polar surface area (TPSA) is 26.3 Å². The molecule has 23 heavy (non-hydrogen) atoms. The highest BCUT2D eigenvalue weighted by molar-refractivity contribution is 5.89. The van der Waals surface area contributed by atoms with E-state index in [4.69, 9.17) is 4.74 Å². The molecule has 0 radical (unpaired) electrons. The van der Waals surface area contributed by atoms with Gasteiger partial charge in [-0.25, -0.2) is 4.79 Å². The van der Waals surface area contributed by atoms with E-state index < -0.39 is 0 Å². The molecule has 0 amide bonds. The van der Waals surface area contributed by atoms with E-state index in [0.717, 1.165) is 25.7 Å². The highest BCUT2D eigenvalue weighted by Gasteiger charge is 2.13. The lowest BCUT2D eigenvalue weighted by Gasteiger charge is -2.15. The molecule has 0 aliphatic heterocycles. The maximum atomic E-state index is 12.1. The van der Waals surface area contributed by atoms with E-state index >= 15 is 0 Å². The molecule has 2 rings (SSSR count). The van der Waals surface area contributed by atoms with Crippen LogP contribution < -0.4 is 0 Å². The van der Waals surface area contributed by atoms with Gasteiger partial charge in [0.1, 0.15) is 6.10 Å². The predicted molar refractivity (Wildman–Crippen MR) is 94.5 cm³/mol. The summed E-state index contributed by atoms with van der Waals surface area (Å²) in [5, 5.41) is 0. The molecule has 1 atom stereocenters. The van der Waals surface area contributed by atoms with E-state index in [9.17, 15) is 4.79 Å². The lowest BCUT2D eigenvalue weighted by Crippen LogP contribution is -2.17. The Balaban J connectivity index is 1.85. The second kappa shape index (κ2) is 9.62. The highest BCUT2D eigenvalue weighted by Crippen LogP contribution is 2.12. The maximum Gasteiger partial charge on any atom is 0.338 e. The number of allylic oxidation sites excluding steroid dienone is 1. The van der Waals surface area contributed by atoms with Crippen LogP contribution in [0.3, 0.4) is 0 Å². The third-order valence-electron chi connectivity index (χ3n) is 3.66. The van der Waals surface area contributed by atoms with E-state index in [0.29, 0.717) is 5.56 Å². The van der Waals surface area contributed by atoms with Gasteiger partial charge in [-0.3, -0.25) is 0 Å². The number of hydrogen-bond donors (Lipinski definition) is 0. The molecule has 2 heteroatoms. The van der Waals surface area contributed by atoms with E-state index in [2.05, 4.69) is 31.2 Å². The predicted octanol–water partition coefficient (Wildman–Crippen LogP) is 5.20. The Morgan fingerprint density at radius 1 is 1.00 bits per heavy atom. The summed E-state index contributed by atoms with van der Waals surface area (Å²) in [5.74, 6) is -0.236. The molecule has 2 aromatic carbocycles. The van der Waals surface area contributed by atoms with Crippen molar-refractivity contribution in [2.45, 2.75) is 38.7 Å².